The molecule has 0 spiro atoms. The van der Waals surface area contributed by atoms with Crippen molar-refractivity contribution in [3.63, 3.8) is 0 Å². The summed E-state index contributed by atoms with van der Waals surface area (Å²) in [5, 5.41) is 0. The molecule has 0 amide bonds. The second-order valence-corrected chi connectivity index (χ2v) is 5.88. The Kier molecular flexibility index (Phi) is 8.80. The minimum atomic E-state index is 0.0737. The number of ether oxygens (including phenoxy) is 1. The predicted octanol–water partition coefficient (Wildman–Crippen LogP) is 5.72. The van der Waals surface area contributed by atoms with Crippen LogP contribution in [0.15, 0.2) is 18.2 Å². The monoisotopic (exact) mass is 290 g/mol. The van der Waals surface area contributed by atoms with Gasteiger partial charge in [0.1, 0.15) is 5.75 Å². The Morgan fingerprint density at radius 1 is 1.00 bits per heavy atom. The SMILES string of the molecule is CCCCCCCCCCOc1ccc(C)cc1C(C)=O. The van der Waals surface area contributed by atoms with E-state index in [4.69, 9.17) is 4.74 Å². The van der Waals surface area contributed by atoms with Crippen LogP contribution in [0, 0.1) is 6.92 Å². The molecule has 0 heterocycles. The highest BCUT2D eigenvalue weighted by molar-refractivity contribution is 5.97. The van der Waals surface area contributed by atoms with Crippen molar-refractivity contribution in [3.05, 3.63) is 29.3 Å². The van der Waals surface area contributed by atoms with Gasteiger partial charge in [-0.25, -0.2) is 0 Å². The Balaban J connectivity index is 2.20. The molecule has 0 unspecified atom stereocenters. The van der Waals surface area contributed by atoms with Crippen LogP contribution in [0.2, 0.25) is 0 Å². The summed E-state index contributed by atoms with van der Waals surface area (Å²) >= 11 is 0. The van der Waals surface area contributed by atoms with Crippen molar-refractivity contribution in [2.24, 2.45) is 0 Å². The second-order valence-electron chi connectivity index (χ2n) is 5.88. The molecule has 0 aliphatic carbocycles. The lowest BCUT2D eigenvalue weighted by Gasteiger charge is -2.10. The molecule has 0 N–H and O–H groups in total. The van der Waals surface area contributed by atoms with Crippen LogP contribution in [-0.2, 0) is 0 Å². The molecule has 21 heavy (non-hydrogen) atoms. The van der Waals surface area contributed by atoms with E-state index in [0.717, 1.165) is 17.7 Å². The number of aryl methyl sites for hydroxylation is 1. The molecule has 1 aromatic carbocycles. The number of hydrogen-bond acceptors (Lipinski definition) is 2. The maximum Gasteiger partial charge on any atom is 0.163 e. The van der Waals surface area contributed by atoms with Crippen molar-refractivity contribution < 1.29 is 9.53 Å². The normalized spacial score (nSPS) is 10.6. The zero-order valence-corrected chi connectivity index (χ0v) is 13.9. The summed E-state index contributed by atoms with van der Waals surface area (Å²) in [5.74, 6) is 0.806. The van der Waals surface area contributed by atoms with Gasteiger partial charge in [-0.05, 0) is 32.4 Å². The number of benzene rings is 1. The highest BCUT2D eigenvalue weighted by atomic mass is 16.5. The van der Waals surface area contributed by atoms with Crippen molar-refractivity contribution in [1.29, 1.82) is 0 Å². The van der Waals surface area contributed by atoms with Crippen molar-refractivity contribution in [2.45, 2.75) is 72.1 Å². The van der Waals surface area contributed by atoms with Crippen molar-refractivity contribution in [3.8, 4) is 5.75 Å². The van der Waals surface area contributed by atoms with E-state index in [-0.39, 0.29) is 5.78 Å². The molecule has 0 aliphatic heterocycles. The van der Waals surface area contributed by atoms with Gasteiger partial charge in [0.15, 0.2) is 5.78 Å². The van der Waals surface area contributed by atoms with Crippen LogP contribution >= 0.6 is 0 Å². The minimum Gasteiger partial charge on any atom is -0.493 e. The van der Waals surface area contributed by atoms with Gasteiger partial charge in [0, 0.05) is 0 Å². The highest BCUT2D eigenvalue weighted by Gasteiger charge is 2.08. The fourth-order valence-electron chi connectivity index (χ4n) is 2.46. The Labute approximate surface area is 129 Å². The van der Waals surface area contributed by atoms with E-state index in [0.29, 0.717) is 12.2 Å². The first-order valence-corrected chi connectivity index (χ1v) is 8.39. The first-order valence-electron chi connectivity index (χ1n) is 8.39. The molecule has 0 saturated carbocycles. The van der Waals surface area contributed by atoms with Gasteiger partial charge in [-0.2, -0.15) is 0 Å². The van der Waals surface area contributed by atoms with E-state index in [1.165, 1.54) is 44.9 Å². The average Bonchev–Trinajstić information content (AvgIpc) is 2.46. The van der Waals surface area contributed by atoms with Crippen LogP contribution in [-0.4, -0.2) is 12.4 Å². The fraction of sp³-hybridized carbons (Fsp3) is 0.632. The van der Waals surface area contributed by atoms with Crippen LogP contribution in [0.1, 0.15) is 81.1 Å². The largest absolute Gasteiger partial charge is 0.493 e. The van der Waals surface area contributed by atoms with Crippen LogP contribution < -0.4 is 4.74 Å². The number of carbonyl (C=O) groups excluding carboxylic acids is 1. The average molecular weight is 290 g/mol. The predicted molar refractivity (Wildman–Crippen MR) is 89.3 cm³/mol. The van der Waals surface area contributed by atoms with Gasteiger partial charge in [-0.15, -0.1) is 0 Å². The summed E-state index contributed by atoms with van der Waals surface area (Å²) in [7, 11) is 0. The molecule has 118 valence electrons. The summed E-state index contributed by atoms with van der Waals surface area (Å²) in [6.07, 6.45) is 10.3. The molecule has 0 radical (unpaired) electrons. The quantitative estimate of drug-likeness (QED) is 0.385. The molecular formula is C19H30O2. The Morgan fingerprint density at radius 3 is 2.24 bits per heavy atom. The number of rotatable bonds is 11. The van der Waals surface area contributed by atoms with Crippen molar-refractivity contribution >= 4 is 5.78 Å². The molecular weight excluding hydrogens is 260 g/mol. The lowest BCUT2D eigenvalue weighted by molar-refractivity contribution is 0.101. The Hall–Kier alpha value is -1.31. The molecule has 0 atom stereocenters. The number of hydrogen-bond donors (Lipinski definition) is 0. The van der Waals surface area contributed by atoms with Crippen LogP contribution in [0.3, 0.4) is 0 Å². The summed E-state index contributed by atoms with van der Waals surface area (Å²) < 4.78 is 5.78. The smallest absolute Gasteiger partial charge is 0.163 e. The summed E-state index contributed by atoms with van der Waals surface area (Å²) in [5.41, 5.74) is 1.80. The van der Waals surface area contributed by atoms with E-state index in [9.17, 15) is 4.79 Å². The topological polar surface area (TPSA) is 26.3 Å². The van der Waals surface area contributed by atoms with Crippen LogP contribution in [0.5, 0.6) is 5.75 Å². The third kappa shape index (κ3) is 7.31. The number of carbonyl (C=O) groups is 1. The van der Waals surface area contributed by atoms with Gasteiger partial charge in [0.2, 0.25) is 0 Å². The second kappa shape index (κ2) is 10.4. The van der Waals surface area contributed by atoms with Gasteiger partial charge in [0.05, 0.1) is 12.2 Å². The van der Waals surface area contributed by atoms with Gasteiger partial charge in [0.25, 0.3) is 0 Å². The number of Topliss-reactive ketones (excluding diaryl/α,β-unsaturated/α-hetero) is 1. The zero-order valence-electron chi connectivity index (χ0n) is 13.9. The van der Waals surface area contributed by atoms with E-state index in [1.807, 2.05) is 25.1 Å². The maximum absolute atomic E-state index is 11.6. The standard InChI is InChI=1S/C19H30O2/c1-4-5-6-7-8-9-10-11-14-21-19-13-12-16(2)15-18(19)17(3)20/h12-13,15H,4-11,14H2,1-3H3. The molecule has 2 nitrogen and oxygen atoms in total. The van der Waals surface area contributed by atoms with E-state index in [1.54, 1.807) is 6.92 Å². The lowest BCUT2D eigenvalue weighted by atomic mass is 10.1. The molecule has 0 aliphatic rings. The molecule has 0 saturated heterocycles. The van der Waals surface area contributed by atoms with Crippen LogP contribution in [0.25, 0.3) is 0 Å². The molecule has 1 rings (SSSR count). The third-order valence-electron chi connectivity index (χ3n) is 3.77. The Morgan fingerprint density at radius 2 is 1.62 bits per heavy atom. The van der Waals surface area contributed by atoms with Crippen LogP contribution in [0.4, 0.5) is 0 Å². The molecule has 0 bridgehead atoms. The summed E-state index contributed by atoms with van der Waals surface area (Å²) in [6.45, 7) is 6.54. The first-order chi connectivity index (χ1) is 10.1. The van der Waals surface area contributed by atoms with Gasteiger partial charge in [-0.1, -0.05) is 63.5 Å². The highest BCUT2D eigenvalue weighted by Crippen LogP contribution is 2.21. The minimum absolute atomic E-state index is 0.0737. The third-order valence-corrected chi connectivity index (χ3v) is 3.77. The maximum atomic E-state index is 11.6. The number of ketones is 1. The molecule has 1 aromatic rings. The molecule has 2 heteroatoms. The summed E-state index contributed by atoms with van der Waals surface area (Å²) in [4.78, 5) is 11.6. The van der Waals surface area contributed by atoms with Gasteiger partial charge < -0.3 is 4.74 Å². The van der Waals surface area contributed by atoms with E-state index in [2.05, 4.69) is 6.92 Å². The lowest BCUT2D eigenvalue weighted by Crippen LogP contribution is -2.03. The zero-order chi connectivity index (χ0) is 15.5. The first kappa shape index (κ1) is 17.7. The van der Waals surface area contributed by atoms with E-state index < -0.39 is 0 Å². The Bertz CT molecular complexity index is 424. The van der Waals surface area contributed by atoms with Crippen molar-refractivity contribution in [1.82, 2.24) is 0 Å². The summed E-state index contributed by atoms with van der Waals surface area (Å²) in [6, 6.07) is 5.82. The molecule has 0 fully saturated rings. The van der Waals surface area contributed by atoms with Crippen molar-refractivity contribution in [2.75, 3.05) is 6.61 Å². The van der Waals surface area contributed by atoms with Gasteiger partial charge in [-0.3, -0.25) is 4.79 Å². The fourth-order valence-corrected chi connectivity index (χ4v) is 2.46. The van der Waals surface area contributed by atoms with Gasteiger partial charge >= 0.3 is 0 Å². The number of unbranched alkanes of at least 4 members (excludes halogenated alkanes) is 7. The van der Waals surface area contributed by atoms with E-state index >= 15 is 0 Å². The molecule has 0 aromatic heterocycles.